The van der Waals surface area contributed by atoms with E-state index in [9.17, 15) is 0 Å². The average Bonchev–Trinajstić information content (AvgIpc) is 2.00. The zero-order chi connectivity index (χ0) is 10.2. The van der Waals surface area contributed by atoms with Crippen LogP contribution in [0.2, 0.25) is 0 Å². The normalized spacial score (nSPS) is 29.1. The van der Waals surface area contributed by atoms with Crippen LogP contribution in [-0.2, 0) is 0 Å². The average molecular weight is 196 g/mol. The minimum Gasteiger partial charge on any atom is -0.314 e. The highest BCUT2D eigenvalue weighted by Crippen LogP contribution is 2.37. The minimum absolute atomic E-state index is 0.606. The third-order valence-corrected chi connectivity index (χ3v) is 4.22. The summed E-state index contributed by atoms with van der Waals surface area (Å²) < 4.78 is 0. The van der Waals surface area contributed by atoms with Gasteiger partial charge in [-0.3, -0.25) is 4.90 Å². The van der Waals surface area contributed by atoms with Crippen LogP contribution in [0.3, 0.4) is 0 Å². The molecular formula is C12H24N2. The van der Waals surface area contributed by atoms with Gasteiger partial charge in [0.25, 0.3) is 0 Å². The van der Waals surface area contributed by atoms with E-state index in [0.717, 1.165) is 12.1 Å². The van der Waals surface area contributed by atoms with Crippen LogP contribution in [0.1, 0.15) is 39.5 Å². The van der Waals surface area contributed by atoms with E-state index < -0.39 is 0 Å². The Morgan fingerprint density at radius 1 is 1.07 bits per heavy atom. The van der Waals surface area contributed by atoms with Crippen LogP contribution in [-0.4, -0.2) is 37.1 Å². The second kappa shape index (κ2) is 3.82. The topological polar surface area (TPSA) is 15.3 Å². The van der Waals surface area contributed by atoms with Crippen LogP contribution in [0.4, 0.5) is 0 Å². The summed E-state index contributed by atoms with van der Waals surface area (Å²) in [5, 5.41) is 3.36. The molecule has 0 spiro atoms. The summed E-state index contributed by atoms with van der Waals surface area (Å²) in [7, 11) is 2.31. The van der Waals surface area contributed by atoms with E-state index in [0.29, 0.717) is 5.41 Å². The zero-order valence-corrected chi connectivity index (χ0v) is 9.84. The van der Waals surface area contributed by atoms with E-state index in [4.69, 9.17) is 0 Å². The number of likely N-dealkylation sites (N-methyl/N-ethyl adjacent to an activating group) is 1. The first-order chi connectivity index (χ1) is 6.58. The second-order valence-corrected chi connectivity index (χ2v) is 5.87. The van der Waals surface area contributed by atoms with Crippen molar-refractivity contribution in [3.8, 4) is 0 Å². The molecule has 1 aliphatic carbocycles. The van der Waals surface area contributed by atoms with Crippen LogP contribution in [0.15, 0.2) is 0 Å². The lowest BCUT2D eigenvalue weighted by molar-refractivity contribution is 0.0723. The van der Waals surface area contributed by atoms with Crippen LogP contribution in [0.5, 0.6) is 0 Å². The molecular weight excluding hydrogens is 172 g/mol. The molecule has 1 N–H and O–H groups in total. The molecule has 0 atom stereocenters. The molecule has 0 radical (unpaired) electrons. The highest BCUT2D eigenvalue weighted by molar-refractivity contribution is 4.90. The molecule has 2 rings (SSSR count). The first kappa shape index (κ1) is 10.4. The Hall–Kier alpha value is -0.0800. The molecule has 14 heavy (non-hydrogen) atoms. The Morgan fingerprint density at radius 3 is 2.07 bits per heavy atom. The summed E-state index contributed by atoms with van der Waals surface area (Å²) in [6, 6.07) is 1.68. The van der Waals surface area contributed by atoms with Gasteiger partial charge in [-0.1, -0.05) is 13.8 Å². The van der Waals surface area contributed by atoms with E-state index in [1.54, 1.807) is 0 Å². The Balaban J connectivity index is 1.82. The van der Waals surface area contributed by atoms with Gasteiger partial charge in [-0.05, 0) is 38.1 Å². The van der Waals surface area contributed by atoms with Gasteiger partial charge in [-0.2, -0.15) is 0 Å². The quantitative estimate of drug-likeness (QED) is 0.725. The van der Waals surface area contributed by atoms with Crippen molar-refractivity contribution in [2.75, 3.05) is 20.1 Å². The molecule has 0 aromatic rings. The van der Waals surface area contributed by atoms with E-state index in [1.165, 1.54) is 38.8 Å². The van der Waals surface area contributed by atoms with Gasteiger partial charge < -0.3 is 5.32 Å². The molecule has 0 amide bonds. The van der Waals surface area contributed by atoms with Crippen molar-refractivity contribution in [3.63, 3.8) is 0 Å². The molecule has 2 aliphatic rings. The van der Waals surface area contributed by atoms with Crippen LogP contribution in [0.25, 0.3) is 0 Å². The molecule has 2 heteroatoms. The van der Waals surface area contributed by atoms with Gasteiger partial charge in [-0.25, -0.2) is 0 Å². The fraction of sp³-hybridized carbons (Fsp3) is 1.00. The molecule has 2 fully saturated rings. The maximum Gasteiger partial charge on any atom is 0.0345 e. The summed E-state index contributed by atoms with van der Waals surface area (Å²) in [4.78, 5) is 2.62. The molecule has 0 unspecified atom stereocenters. The number of hydrogen-bond acceptors (Lipinski definition) is 2. The van der Waals surface area contributed by atoms with E-state index in [1.807, 2.05) is 0 Å². The Bertz CT molecular complexity index is 186. The summed E-state index contributed by atoms with van der Waals surface area (Å²) in [5.74, 6) is 0. The number of nitrogens with one attached hydrogen (secondary N) is 1. The lowest BCUT2D eigenvalue weighted by Gasteiger charge is -2.44. The van der Waals surface area contributed by atoms with Crippen LogP contribution >= 0.6 is 0 Å². The fourth-order valence-corrected chi connectivity index (χ4v) is 2.65. The smallest absolute Gasteiger partial charge is 0.0345 e. The highest BCUT2D eigenvalue weighted by Gasteiger charge is 2.32. The van der Waals surface area contributed by atoms with Crippen molar-refractivity contribution in [1.82, 2.24) is 10.2 Å². The molecule has 0 aromatic carbocycles. The molecule has 0 bridgehead atoms. The third kappa shape index (κ3) is 2.12. The third-order valence-electron chi connectivity index (χ3n) is 4.22. The maximum absolute atomic E-state index is 3.36. The molecule has 1 aliphatic heterocycles. The van der Waals surface area contributed by atoms with E-state index in [-0.39, 0.29) is 0 Å². The highest BCUT2D eigenvalue weighted by atomic mass is 15.2. The monoisotopic (exact) mass is 196 g/mol. The van der Waals surface area contributed by atoms with Gasteiger partial charge in [0.05, 0.1) is 0 Å². The Kier molecular flexibility index (Phi) is 2.85. The lowest BCUT2D eigenvalue weighted by Crippen LogP contribution is -2.59. The number of hydrogen-bond donors (Lipinski definition) is 1. The van der Waals surface area contributed by atoms with Gasteiger partial charge in [0.2, 0.25) is 0 Å². The van der Waals surface area contributed by atoms with Gasteiger partial charge in [0.1, 0.15) is 0 Å². The summed E-state index contributed by atoms with van der Waals surface area (Å²) in [5.41, 5.74) is 0.606. The predicted molar refractivity (Wildman–Crippen MR) is 60.5 cm³/mol. The molecule has 2 nitrogen and oxygen atoms in total. The van der Waals surface area contributed by atoms with Gasteiger partial charge in [0.15, 0.2) is 0 Å². The second-order valence-electron chi connectivity index (χ2n) is 5.87. The number of nitrogens with zero attached hydrogens (tertiary/aromatic N) is 1. The first-order valence-corrected chi connectivity index (χ1v) is 6.01. The number of rotatable bonds is 2. The zero-order valence-electron chi connectivity index (χ0n) is 9.84. The van der Waals surface area contributed by atoms with Crippen molar-refractivity contribution in [2.24, 2.45) is 5.41 Å². The van der Waals surface area contributed by atoms with Crippen LogP contribution in [0, 0.1) is 5.41 Å². The molecule has 82 valence electrons. The summed E-state index contributed by atoms with van der Waals surface area (Å²) >= 11 is 0. The molecule has 1 heterocycles. The van der Waals surface area contributed by atoms with Gasteiger partial charge >= 0.3 is 0 Å². The van der Waals surface area contributed by atoms with Crippen molar-refractivity contribution in [3.05, 3.63) is 0 Å². The predicted octanol–water partition coefficient (Wildman–Crippen LogP) is 1.86. The van der Waals surface area contributed by atoms with Gasteiger partial charge in [-0.15, -0.1) is 0 Å². The summed E-state index contributed by atoms with van der Waals surface area (Å²) in [6.07, 6.45) is 5.62. The van der Waals surface area contributed by atoms with Crippen LogP contribution < -0.4 is 5.32 Å². The first-order valence-electron chi connectivity index (χ1n) is 6.01. The van der Waals surface area contributed by atoms with Crippen molar-refractivity contribution >= 4 is 0 Å². The van der Waals surface area contributed by atoms with E-state index >= 15 is 0 Å². The fourth-order valence-electron chi connectivity index (χ4n) is 2.65. The summed E-state index contributed by atoms with van der Waals surface area (Å²) in [6.45, 7) is 7.23. The minimum atomic E-state index is 0.606. The molecule has 0 aromatic heterocycles. The maximum atomic E-state index is 3.36. The van der Waals surface area contributed by atoms with Gasteiger partial charge in [0, 0.05) is 25.2 Å². The van der Waals surface area contributed by atoms with Crippen molar-refractivity contribution < 1.29 is 0 Å². The lowest BCUT2D eigenvalue weighted by atomic mass is 9.75. The Morgan fingerprint density at radius 2 is 1.64 bits per heavy atom. The standard InChI is InChI=1S/C12H24N2/c1-12(2)6-4-10(5-7-12)14(3)11-8-13-9-11/h10-11,13H,4-9H2,1-3H3. The Labute approximate surface area is 88.1 Å². The largest absolute Gasteiger partial charge is 0.314 e. The van der Waals surface area contributed by atoms with E-state index in [2.05, 4.69) is 31.1 Å². The van der Waals surface area contributed by atoms with Crippen molar-refractivity contribution in [1.29, 1.82) is 0 Å². The SMILES string of the molecule is CN(C1CCC(C)(C)CC1)C1CNC1. The molecule has 1 saturated carbocycles. The van der Waals surface area contributed by atoms with Crippen molar-refractivity contribution in [2.45, 2.75) is 51.6 Å². The molecule has 1 saturated heterocycles.